The number of piperidine rings is 1. The third kappa shape index (κ3) is 3.09. The van der Waals surface area contributed by atoms with Crippen LogP contribution < -0.4 is 10.9 Å². The molecule has 2 N–H and O–H groups in total. The number of halogens is 3. The van der Waals surface area contributed by atoms with E-state index in [4.69, 9.17) is 4.52 Å². The lowest BCUT2D eigenvalue weighted by Gasteiger charge is -2.29. The van der Waals surface area contributed by atoms with Crippen LogP contribution >= 0.6 is 0 Å². The number of aromatic amines is 1. The number of alkyl halides is 3. The summed E-state index contributed by atoms with van der Waals surface area (Å²) in [6.45, 7) is 0.653. The van der Waals surface area contributed by atoms with E-state index < -0.39 is 11.7 Å². The van der Waals surface area contributed by atoms with Crippen molar-refractivity contribution in [3.8, 4) is 0 Å². The van der Waals surface area contributed by atoms with Gasteiger partial charge in [-0.05, 0) is 37.1 Å². The van der Waals surface area contributed by atoms with E-state index in [9.17, 15) is 18.0 Å². The fourth-order valence-corrected chi connectivity index (χ4v) is 2.86. The van der Waals surface area contributed by atoms with Gasteiger partial charge >= 0.3 is 6.18 Å². The minimum Gasteiger partial charge on any atom is -0.383 e. The maximum Gasteiger partial charge on any atom is 0.416 e. The Morgan fingerprint density at radius 1 is 1.23 bits per heavy atom. The van der Waals surface area contributed by atoms with E-state index in [-0.39, 0.29) is 17.5 Å². The summed E-state index contributed by atoms with van der Waals surface area (Å²) in [5, 5.41) is 5.47. The number of benzene rings is 1. The van der Waals surface area contributed by atoms with Gasteiger partial charge in [0.25, 0.3) is 5.56 Å². The Labute approximate surface area is 124 Å². The first-order chi connectivity index (χ1) is 10.4. The van der Waals surface area contributed by atoms with Gasteiger partial charge in [-0.1, -0.05) is 12.1 Å². The highest BCUT2D eigenvalue weighted by molar-refractivity contribution is 5.29. The molecular weight excluding hydrogens is 297 g/mol. The van der Waals surface area contributed by atoms with Crippen LogP contribution in [0.25, 0.3) is 0 Å². The van der Waals surface area contributed by atoms with Crippen LogP contribution in [-0.4, -0.2) is 11.7 Å². The van der Waals surface area contributed by atoms with Crippen LogP contribution in [0.5, 0.6) is 0 Å². The molecule has 1 fully saturated rings. The summed E-state index contributed by atoms with van der Waals surface area (Å²) in [5.74, 6) is 0.572. The van der Waals surface area contributed by atoms with Crippen molar-refractivity contribution < 1.29 is 17.7 Å². The molecule has 0 aliphatic carbocycles. The molecule has 1 saturated heterocycles. The molecule has 3 rings (SSSR count). The van der Waals surface area contributed by atoms with Crippen molar-refractivity contribution in [3.63, 3.8) is 0 Å². The molecule has 1 aromatic heterocycles. The highest BCUT2D eigenvalue weighted by Crippen LogP contribution is 2.36. The Morgan fingerprint density at radius 2 is 2.05 bits per heavy atom. The predicted molar refractivity (Wildman–Crippen MR) is 73.5 cm³/mol. The van der Waals surface area contributed by atoms with Crippen molar-refractivity contribution in [2.75, 3.05) is 6.54 Å². The molecule has 1 aliphatic rings. The van der Waals surface area contributed by atoms with Crippen LogP contribution in [0, 0.1) is 0 Å². The number of hydrogen-bond acceptors (Lipinski definition) is 3. The molecule has 118 valence electrons. The lowest BCUT2D eigenvalue weighted by Crippen LogP contribution is -2.31. The van der Waals surface area contributed by atoms with E-state index in [0.717, 1.165) is 12.5 Å². The van der Waals surface area contributed by atoms with E-state index in [1.54, 1.807) is 6.07 Å². The first-order valence-electron chi connectivity index (χ1n) is 7.02. The number of rotatable bonds is 2. The van der Waals surface area contributed by atoms with Gasteiger partial charge in [0, 0.05) is 18.0 Å². The molecule has 4 nitrogen and oxygen atoms in total. The molecule has 0 radical (unpaired) electrons. The number of nitrogens with one attached hydrogen (secondary N) is 2. The highest BCUT2D eigenvalue weighted by Gasteiger charge is 2.32. The summed E-state index contributed by atoms with van der Waals surface area (Å²) in [4.78, 5) is 11.1. The number of H-pyrrole nitrogens is 1. The lowest BCUT2D eigenvalue weighted by molar-refractivity contribution is -0.137. The molecule has 0 spiro atoms. The van der Waals surface area contributed by atoms with E-state index in [2.05, 4.69) is 10.5 Å². The molecule has 22 heavy (non-hydrogen) atoms. The summed E-state index contributed by atoms with van der Waals surface area (Å²) < 4.78 is 43.5. The highest BCUT2D eigenvalue weighted by atomic mass is 19.4. The average molecular weight is 312 g/mol. The van der Waals surface area contributed by atoms with Gasteiger partial charge in [0.2, 0.25) is 0 Å². The molecule has 0 amide bonds. The van der Waals surface area contributed by atoms with Gasteiger partial charge in [-0.3, -0.25) is 4.79 Å². The van der Waals surface area contributed by atoms with Crippen molar-refractivity contribution in [2.24, 2.45) is 0 Å². The standard InChI is InChI=1S/C15H15F3N2O2/c16-15(17,18)11-3-1-2-9(6-11)12-7-10(4-5-19-12)13-8-14(21)20-22-13/h1-3,6,8,10,12,19H,4-5,7H2,(H,20,21)/t10-,12+/m0/s1. The van der Waals surface area contributed by atoms with Gasteiger partial charge in [-0.2, -0.15) is 18.3 Å². The van der Waals surface area contributed by atoms with Crippen LogP contribution in [0.3, 0.4) is 0 Å². The molecule has 7 heteroatoms. The zero-order valence-corrected chi connectivity index (χ0v) is 11.6. The van der Waals surface area contributed by atoms with Crippen molar-refractivity contribution in [2.45, 2.75) is 31.0 Å². The summed E-state index contributed by atoms with van der Waals surface area (Å²) >= 11 is 0. The van der Waals surface area contributed by atoms with Gasteiger partial charge in [0.1, 0.15) is 5.76 Å². The van der Waals surface area contributed by atoms with Crippen molar-refractivity contribution >= 4 is 0 Å². The Kier molecular flexibility index (Phi) is 3.82. The Morgan fingerprint density at radius 3 is 2.73 bits per heavy atom. The molecule has 0 bridgehead atoms. The molecular formula is C15H15F3N2O2. The van der Waals surface area contributed by atoms with Crippen molar-refractivity contribution in [3.05, 3.63) is 57.6 Å². The fourth-order valence-electron chi connectivity index (χ4n) is 2.86. The molecule has 2 heterocycles. The second-order valence-electron chi connectivity index (χ2n) is 5.47. The van der Waals surface area contributed by atoms with Crippen LogP contribution in [0.4, 0.5) is 13.2 Å². The van der Waals surface area contributed by atoms with Crippen molar-refractivity contribution in [1.82, 2.24) is 10.5 Å². The summed E-state index contributed by atoms with van der Waals surface area (Å²) in [5.41, 5.74) is -0.358. The van der Waals surface area contributed by atoms with Gasteiger partial charge in [0.15, 0.2) is 0 Å². The van der Waals surface area contributed by atoms with E-state index in [1.165, 1.54) is 18.2 Å². The largest absolute Gasteiger partial charge is 0.416 e. The average Bonchev–Trinajstić information content (AvgIpc) is 2.93. The normalized spacial score (nSPS) is 22.7. The molecule has 0 unspecified atom stereocenters. The lowest BCUT2D eigenvalue weighted by atomic mass is 9.87. The fraction of sp³-hybridized carbons (Fsp3) is 0.400. The Hall–Kier alpha value is -2.02. The van der Waals surface area contributed by atoms with Crippen molar-refractivity contribution in [1.29, 1.82) is 0 Å². The van der Waals surface area contributed by atoms with Crippen LogP contribution in [0.2, 0.25) is 0 Å². The second-order valence-corrected chi connectivity index (χ2v) is 5.47. The predicted octanol–water partition coefficient (Wildman–Crippen LogP) is 3.20. The molecule has 1 aliphatic heterocycles. The topological polar surface area (TPSA) is 58.0 Å². The quantitative estimate of drug-likeness (QED) is 0.895. The Bertz CT molecular complexity index is 705. The van der Waals surface area contributed by atoms with Gasteiger partial charge in [0.05, 0.1) is 5.56 Å². The van der Waals surface area contributed by atoms with E-state index in [1.807, 2.05) is 0 Å². The smallest absolute Gasteiger partial charge is 0.383 e. The number of hydrogen-bond donors (Lipinski definition) is 2. The molecule has 1 aromatic carbocycles. The van der Waals surface area contributed by atoms with Gasteiger partial charge in [-0.15, -0.1) is 0 Å². The van der Waals surface area contributed by atoms with E-state index >= 15 is 0 Å². The van der Waals surface area contributed by atoms with Crippen LogP contribution in [0.1, 0.15) is 41.7 Å². The number of aromatic nitrogens is 1. The maximum absolute atomic E-state index is 12.8. The molecule has 2 aromatic rings. The van der Waals surface area contributed by atoms with Crippen LogP contribution in [0.15, 0.2) is 39.6 Å². The third-order valence-corrected chi connectivity index (χ3v) is 3.97. The summed E-state index contributed by atoms with van der Waals surface area (Å²) in [6.07, 6.45) is -2.99. The van der Waals surface area contributed by atoms with E-state index in [0.29, 0.717) is 24.3 Å². The van der Waals surface area contributed by atoms with Crippen LogP contribution in [-0.2, 0) is 6.18 Å². The zero-order valence-electron chi connectivity index (χ0n) is 11.6. The minimum absolute atomic E-state index is 0.0137. The summed E-state index contributed by atoms with van der Waals surface area (Å²) in [7, 11) is 0. The zero-order chi connectivity index (χ0) is 15.7. The molecule has 2 atom stereocenters. The summed E-state index contributed by atoms with van der Waals surface area (Å²) in [6, 6.07) is 6.55. The third-order valence-electron chi connectivity index (χ3n) is 3.97. The molecule has 0 saturated carbocycles. The minimum atomic E-state index is -4.35. The second kappa shape index (κ2) is 5.64. The SMILES string of the molecule is O=c1cc([C@H]2CCN[C@@H](c3cccc(C(F)(F)F)c3)C2)o[nH]1. The first kappa shape index (κ1) is 14.9. The maximum atomic E-state index is 12.8. The Balaban J connectivity index is 1.81. The first-order valence-corrected chi connectivity index (χ1v) is 7.02. The van der Waals surface area contributed by atoms with Gasteiger partial charge < -0.3 is 9.84 Å². The monoisotopic (exact) mass is 312 g/mol. The van der Waals surface area contributed by atoms with Gasteiger partial charge in [-0.25, -0.2) is 0 Å².